The average molecular weight is 407 g/mol. The van der Waals surface area contributed by atoms with Crippen molar-refractivity contribution in [2.75, 3.05) is 28.2 Å². The molecule has 0 spiro atoms. The van der Waals surface area contributed by atoms with E-state index in [4.69, 9.17) is 0 Å². The standard InChI is InChI=1S/C25H22B.C4H12N/c1-5-13-22(14-6-1)21-26(23-15-7-2-8-16-23,24-17-9-3-10-18-24)25-19-11-4-12-20-25;1-5(2,3)4/h1-20H,21H2;1-4H3/q-1;+1. The van der Waals surface area contributed by atoms with E-state index in [0.717, 1.165) is 10.8 Å². The van der Waals surface area contributed by atoms with Crippen LogP contribution in [-0.2, 0) is 6.32 Å². The van der Waals surface area contributed by atoms with E-state index in [1.807, 2.05) is 0 Å². The Labute approximate surface area is 188 Å². The first-order chi connectivity index (χ1) is 14.9. The third-order valence-electron chi connectivity index (χ3n) is 5.49. The highest BCUT2D eigenvalue weighted by molar-refractivity contribution is 7.11. The predicted molar refractivity (Wildman–Crippen MR) is 138 cm³/mol. The highest BCUT2D eigenvalue weighted by Gasteiger charge is 2.29. The van der Waals surface area contributed by atoms with Gasteiger partial charge in [0.25, 0.3) is 0 Å². The summed E-state index contributed by atoms with van der Waals surface area (Å²) >= 11 is 0. The minimum absolute atomic E-state index is 0.985. The molecule has 4 rings (SSSR count). The van der Waals surface area contributed by atoms with Crippen LogP contribution < -0.4 is 16.4 Å². The fourth-order valence-electron chi connectivity index (χ4n) is 4.24. The molecule has 2 heteroatoms. The van der Waals surface area contributed by atoms with Gasteiger partial charge in [-0.15, -0.1) is 6.32 Å². The first-order valence-corrected chi connectivity index (χ1v) is 11.1. The molecule has 4 aromatic carbocycles. The molecule has 0 bridgehead atoms. The van der Waals surface area contributed by atoms with Crippen molar-refractivity contribution in [3.8, 4) is 0 Å². The molecule has 0 fully saturated rings. The van der Waals surface area contributed by atoms with Gasteiger partial charge in [0.1, 0.15) is 0 Å². The van der Waals surface area contributed by atoms with Crippen LogP contribution in [0.3, 0.4) is 0 Å². The predicted octanol–water partition coefficient (Wildman–Crippen LogP) is 4.26. The molecule has 0 radical (unpaired) electrons. The zero-order valence-electron chi connectivity index (χ0n) is 19.3. The summed E-state index contributed by atoms with van der Waals surface area (Å²) in [6.45, 7) is 0. The Balaban J connectivity index is 0.000000491. The number of hydrogen-bond acceptors (Lipinski definition) is 0. The van der Waals surface area contributed by atoms with Gasteiger partial charge < -0.3 is 4.48 Å². The Bertz CT molecular complexity index is 921. The molecule has 0 unspecified atom stereocenters. The van der Waals surface area contributed by atoms with Crippen LogP contribution in [0.5, 0.6) is 0 Å². The van der Waals surface area contributed by atoms with E-state index in [1.165, 1.54) is 22.0 Å². The summed E-state index contributed by atoms with van der Waals surface area (Å²) in [6, 6.07) is 43.8. The highest BCUT2D eigenvalue weighted by Crippen LogP contribution is 2.14. The fraction of sp³-hybridized carbons (Fsp3) is 0.172. The van der Waals surface area contributed by atoms with Gasteiger partial charge in [0.15, 0.2) is 0 Å². The van der Waals surface area contributed by atoms with E-state index in [0.29, 0.717) is 0 Å². The van der Waals surface area contributed by atoms with Gasteiger partial charge in [0, 0.05) is 0 Å². The fourth-order valence-corrected chi connectivity index (χ4v) is 4.24. The summed E-state index contributed by atoms with van der Waals surface area (Å²) in [7, 11) is 8.50. The average Bonchev–Trinajstić information content (AvgIpc) is 2.79. The summed E-state index contributed by atoms with van der Waals surface area (Å²) in [5, 5.41) is 0. The lowest BCUT2D eigenvalue weighted by atomic mass is 9.14. The minimum atomic E-state index is -1.09. The molecule has 0 N–H and O–H groups in total. The number of nitrogens with zero attached hydrogens (tertiary/aromatic N) is 1. The Morgan fingerprint density at radius 3 is 1.00 bits per heavy atom. The van der Waals surface area contributed by atoms with Crippen molar-refractivity contribution in [1.29, 1.82) is 0 Å². The molecular formula is C29H34BN. The van der Waals surface area contributed by atoms with Crippen molar-refractivity contribution >= 4 is 22.5 Å². The van der Waals surface area contributed by atoms with Crippen molar-refractivity contribution in [3.63, 3.8) is 0 Å². The monoisotopic (exact) mass is 407 g/mol. The highest BCUT2D eigenvalue weighted by atomic mass is 15.2. The Morgan fingerprint density at radius 2 is 0.710 bits per heavy atom. The van der Waals surface area contributed by atoms with Gasteiger partial charge in [0.05, 0.1) is 34.3 Å². The van der Waals surface area contributed by atoms with E-state index in [-0.39, 0.29) is 0 Å². The first-order valence-electron chi connectivity index (χ1n) is 11.1. The molecule has 1 nitrogen and oxygen atoms in total. The van der Waals surface area contributed by atoms with Crippen LogP contribution >= 0.6 is 0 Å². The molecule has 0 aliphatic heterocycles. The van der Waals surface area contributed by atoms with Crippen LogP contribution in [-0.4, -0.2) is 38.8 Å². The second-order valence-corrected chi connectivity index (χ2v) is 9.65. The zero-order chi connectivity index (χ0) is 22.2. The lowest BCUT2D eigenvalue weighted by Crippen LogP contribution is -2.68. The van der Waals surface area contributed by atoms with Crippen molar-refractivity contribution in [3.05, 3.63) is 127 Å². The van der Waals surface area contributed by atoms with Crippen LogP contribution in [0.1, 0.15) is 5.56 Å². The van der Waals surface area contributed by atoms with Gasteiger partial charge in [-0.3, -0.25) is 0 Å². The smallest absolute Gasteiger partial charge is 0.0856 e. The van der Waals surface area contributed by atoms with Crippen LogP contribution in [0.15, 0.2) is 121 Å². The SMILES string of the molecule is C[N+](C)(C)C.c1ccc(C[B-](c2ccccc2)(c2ccccc2)c2ccccc2)cc1. The largest absolute Gasteiger partial charge is 0.333 e. The lowest BCUT2D eigenvalue weighted by molar-refractivity contribution is -0.849. The molecular weight excluding hydrogens is 373 g/mol. The van der Waals surface area contributed by atoms with Crippen LogP contribution in [0.25, 0.3) is 0 Å². The summed E-state index contributed by atoms with van der Waals surface area (Å²) < 4.78 is 1.00. The van der Waals surface area contributed by atoms with Crippen LogP contribution in [0, 0.1) is 0 Å². The second kappa shape index (κ2) is 10.3. The van der Waals surface area contributed by atoms with E-state index in [2.05, 4.69) is 150 Å². The quantitative estimate of drug-likeness (QED) is 0.343. The van der Waals surface area contributed by atoms with Gasteiger partial charge in [0.2, 0.25) is 0 Å². The molecule has 0 aliphatic carbocycles. The summed E-state index contributed by atoms with van der Waals surface area (Å²) in [6.07, 6.45) is -0.109. The van der Waals surface area contributed by atoms with E-state index < -0.39 is 6.15 Å². The molecule has 0 atom stereocenters. The Morgan fingerprint density at radius 1 is 0.452 bits per heavy atom. The van der Waals surface area contributed by atoms with Gasteiger partial charge in [-0.1, -0.05) is 127 Å². The van der Waals surface area contributed by atoms with Crippen LogP contribution in [0.4, 0.5) is 0 Å². The minimum Gasteiger partial charge on any atom is -0.333 e. The maximum Gasteiger partial charge on any atom is 0.0856 e. The van der Waals surface area contributed by atoms with E-state index >= 15 is 0 Å². The lowest BCUT2D eigenvalue weighted by Gasteiger charge is -2.43. The maximum atomic E-state index is 2.28. The molecule has 0 aromatic heterocycles. The van der Waals surface area contributed by atoms with Crippen molar-refractivity contribution in [1.82, 2.24) is 0 Å². The normalized spacial score (nSPS) is 11.4. The molecule has 0 amide bonds. The van der Waals surface area contributed by atoms with E-state index in [9.17, 15) is 0 Å². The Hall–Kier alpha value is -3.10. The molecule has 31 heavy (non-hydrogen) atoms. The van der Waals surface area contributed by atoms with Crippen molar-refractivity contribution in [2.45, 2.75) is 6.32 Å². The number of quaternary nitrogens is 1. The van der Waals surface area contributed by atoms with E-state index in [1.54, 1.807) is 0 Å². The summed E-state index contributed by atoms with van der Waals surface area (Å²) in [5.74, 6) is 0. The van der Waals surface area contributed by atoms with Gasteiger partial charge in [-0.2, -0.15) is 16.4 Å². The molecule has 0 aliphatic rings. The first kappa shape index (κ1) is 22.6. The second-order valence-electron chi connectivity index (χ2n) is 9.65. The molecule has 0 heterocycles. The molecule has 0 saturated heterocycles. The summed E-state index contributed by atoms with van der Waals surface area (Å²) in [4.78, 5) is 0. The third kappa shape index (κ3) is 6.19. The van der Waals surface area contributed by atoms with Crippen LogP contribution in [0.2, 0.25) is 0 Å². The topological polar surface area (TPSA) is 0 Å². The number of benzene rings is 4. The van der Waals surface area contributed by atoms with Crippen molar-refractivity contribution in [2.24, 2.45) is 0 Å². The Kier molecular flexibility index (Phi) is 7.49. The molecule has 158 valence electrons. The molecule has 0 saturated carbocycles. The van der Waals surface area contributed by atoms with Gasteiger partial charge in [-0.25, -0.2) is 0 Å². The summed E-state index contributed by atoms with van der Waals surface area (Å²) in [5.41, 5.74) is 5.51. The maximum absolute atomic E-state index is 2.28. The third-order valence-corrected chi connectivity index (χ3v) is 5.49. The van der Waals surface area contributed by atoms with Gasteiger partial charge >= 0.3 is 0 Å². The van der Waals surface area contributed by atoms with Gasteiger partial charge in [-0.05, 0) is 0 Å². The number of rotatable bonds is 5. The molecule has 4 aromatic rings. The number of hydrogen-bond donors (Lipinski definition) is 0. The zero-order valence-corrected chi connectivity index (χ0v) is 19.3. The van der Waals surface area contributed by atoms with Crippen molar-refractivity contribution < 1.29 is 4.48 Å².